The number of hydrogen-bond donors (Lipinski definition) is 2. The highest BCUT2D eigenvalue weighted by molar-refractivity contribution is 5.91. The number of hydrogen-bond acceptors (Lipinski definition) is 4. The highest BCUT2D eigenvalue weighted by Gasteiger charge is 2.11. The van der Waals surface area contributed by atoms with Gasteiger partial charge in [-0.05, 0) is 48.2 Å². The summed E-state index contributed by atoms with van der Waals surface area (Å²) in [6, 6.07) is 15.0. The van der Waals surface area contributed by atoms with E-state index in [4.69, 9.17) is 15.2 Å². The van der Waals surface area contributed by atoms with Crippen LogP contribution in [0, 0.1) is 0 Å². The molecule has 0 aliphatic rings. The van der Waals surface area contributed by atoms with Gasteiger partial charge >= 0.3 is 0 Å². The standard InChI is InChI=1S/C20H26N2O3.ClH/c1-3-15(2)18-6-4-5-7-19(18)25-14-20(23)22-16-8-10-17(11-9-16)24-13-12-21;/h4-11,15H,3,12-14,21H2,1-2H3,(H,22,23);1H. The molecule has 0 saturated heterocycles. The molecule has 0 aliphatic heterocycles. The zero-order chi connectivity index (χ0) is 18.1. The van der Waals surface area contributed by atoms with Crippen LogP contribution >= 0.6 is 12.4 Å². The number of halogens is 1. The first kappa shape index (κ1) is 21.8. The van der Waals surface area contributed by atoms with Gasteiger partial charge in [-0.25, -0.2) is 0 Å². The van der Waals surface area contributed by atoms with Gasteiger partial charge in [-0.1, -0.05) is 32.0 Å². The molecule has 3 N–H and O–H groups in total. The van der Waals surface area contributed by atoms with Crippen LogP contribution in [0.25, 0.3) is 0 Å². The van der Waals surface area contributed by atoms with Crippen LogP contribution in [0.3, 0.4) is 0 Å². The molecule has 142 valence electrons. The largest absolute Gasteiger partial charge is 0.492 e. The number of ether oxygens (including phenoxy) is 2. The number of amides is 1. The average molecular weight is 379 g/mol. The fourth-order valence-electron chi connectivity index (χ4n) is 2.39. The van der Waals surface area contributed by atoms with Gasteiger partial charge in [0.1, 0.15) is 18.1 Å². The minimum Gasteiger partial charge on any atom is -0.492 e. The number of benzene rings is 2. The molecule has 0 heterocycles. The summed E-state index contributed by atoms with van der Waals surface area (Å²) in [6.45, 7) is 5.19. The lowest BCUT2D eigenvalue weighted by Crippen LogP contribution is -2.20. The van der Waals surface area contributed by atoms with Crippen molar-refractivity contribution in [3.63, 3.8) is 0 Å². The van der Waals surface area contributed by atoms with Gasteiger partial charge in [-0.3, -0.25) is 4.79 Å². The molecule has 0 aromatic heterocycles. The Morgan fingerprint density at radius 2 is 1.81 bits per heavy atom. The predicted octanol–water partition coefficient (Wildman–Crippen LogP) is 3.98. The van der Waals surface area contributed by atoms with Crippen LogP contribution in [0.4, 0.5) is 5.69 Å². The van der Waals surface area contributed by atoms with Crippen molar-refractivity contribution in [3.05, 3.63) is 54.1 Å². The molecular weight excluding hydrogens is 352 g/mol. The van der Waals surface area contributed by atoms with Crippen molar-refractivity contribution in [2.24, 2.45) is 5.73 Å². The molecule has 5 nitrogen and oxygen atoms in total. The Hall–Kier alpha value is -2.24. The number of anilines is 1. The minimum absolute atomic E-state index is 0. The maximum atomic E-state index is 12.1. The zero-order valence-corrected chi connectivity index (χ0v) is 16.1. The Morgan fingerprint density at radius 3 is 2.46 bits per heavy atom. The summed E-state index contributed by atoms with van der Waals surface area (Å²) in [5, 5.41) is 2.81. The molecule has 26 heavy (non-hydrogen) atoms. The first-order valence-electron chi connectivity index (χ1n) is 8.58. The van der Waals surface area contributed by atoms with Gasteiger partial charge in [-0.15, -0.1) is 12.4 Å². The predicted molar refractivity (Wildman–Crippen MR) is 108 cm³/mol. The van der Waals surface area contributed by atoms with E-state index in [1.807, 2.05) is 24.3 Å². The fraction of sp³-hybridized carbons (Fsp3) is 0.350. The van der Waals surface area contributed by atoms with Crippen molar-refractivity contribution in [1.82, 2.24) is 0 Å². The minimum atomic E-state index is -0.199. The van der Waals surface area contributed by atoms with Crippen molar-refractivity contribution in [2.75, 3.05) is 25.1 Å². The normalized spacial score (nSPS) is 11.2. The summed E-state index contributed by atoms with van der Waals surface area (Å²) < 4.78 is 11.1. The van der Waals surface area contributed by atoms with E-state index in [1.165, 1.54) is 0 Å². The molecule has 0 bridgehead atoms. The third-order valence-corrected chi connectivity index (χ3v) is 3.95. The first-order chi connectivity index (χ1) is 12.1. The molecule has 0 aliphatic carbocycles. The van der Waals surface area contributed by atoms with E-state index in [-0.39, 0.29) is 24.9 Å². The summed E-state index contributed by atoms with van der Waals surface area (Å²) in [6.07, 6.45) is 1.02. The van der Waals surface area contributed by atoms with Crippen LogP contribution in [0.1, 0.15) is 31.7 Å². The molecule has 2 rings (SSSR count). The van der Waals surface area contributed by atoms with Gasteiger partial charge in [0, 0.05) is 12.2 Å². The van der Waals surface area contributed by atoms with E-state index in [9.17, 15) is 4.79 Å². The number of nitrogens with one attached hydrogen (secondary N) is 1. The Labute approximate surface area is 161 Å². The van der Waals surface area contributed by atoms with Crippen molar-refractivity contribution >= 4 is 24.0 Å². The molecule has 6 heteroatoms. The van der Waals surface area contributed by atoms with Crippen LogP contribution in [-0.4, -0.2) is 25.7 Å². The topological polar surface area (TPSA) is 73.6 Å². The van der Waals surface area contributed by atoms with Crippen LogP contribution < -0.4 is 20.5 Å². The number of carbonyl (C=O) groups is 1. The Morgan fingerprint density at radius 1 is 1.12 bits per heavy atom. The second-order valence-electron chi connectivity index (χ2n) is 5.85. The molecular formula is C20H27ClN2O3. The summed E-state index contributed by atoms with van der Waals surface area (Å²) in [4.78, 5) is 12.1. The maximum Gasteiger partial charge on any atom is 0.262 e. The lowest BCUT2D eigenvalue weighted by atomic mass is 9.98. The maximum absolute atomic E-state index is 12.1. The Bertz CT molecular complexity index is 677. The van der Waals surface area contributed by atoms with Gasteiger partial charge < -0.3 is 20.5 Å². The van der Waals surface area contributed by atoms with E-state index in [1.54, 1.807) is 24.3 Å². The van der Waals surface area contributed by atoms with Crippen LogP contribution in [0.5, 0.6) is 11.5 Å². The summed E-state index contributed by atoms with van der Waals surface area (Å²) in [5.41, 5.74) is 7.22. The number of carbonyl (C=O) groups excluding carboxylic acids is 1. The van der Waals surface area contributed by atoms with Crippen molar-refractivity contribution in [1.29, 1.82) is 0 Å². The summed E-state index contributed by atoms with van der Waals surface area (Å²) in [5.74, 6) is 1.68. The first-order valence-corrected chi connectivity index (χ1v) is 8.58. The lowest BCUT2D eigenvalue weighted by Gasteiger charge is -2.15. The van der Waals surface area contributed by atoms with Crippen molar-refractivity contribution in [2.45, 2.75) is 26.2 Å². The van der Waals surface area contributed by atoms with Crippen LogP contribution in [0.15, 0.2) is 48.5 Å². The van der Waals surface area contributed by atoms with Gasteiger partial charge in [-0.2, -0.15) is 0 Å². The fourth-order valence-corrected chi connectivity index (χ4v) is 2.39. The highest BCUT2D eigenvalue weighted by Crippen LogP contribution is 2.28. The van der Waals surface area contributed by atoms with Crippen LogP contribution in [-0.2, 0) is 4.79 Å². The van der Waals surface area contributed by atoms with Gasteiger partial charge in [0.05, 0.1) is 0 Å². The second kappa shape index (κ2) is 11.4. The van der Waals surface area contributed by atoms with E-state index in [0.717, 1.165) is 23.5 Å². The molecule has 1 unspecified atom stereocenters. The third-order valence-electron chi connectivity index (χ3n) is 3.95. The Balaban J connectivity index is 0.00000338. The van der Waals surface area contributed by atoms with Gasteiger partial charge in [0.15, 0.2) is 6.61 Å². The number of nitrogens with two attached hydrogens (primary N) is 1. The molecule has 2 aromatic carbocycles. The smallest absolute Gasteiger partial charge is 0.262 e. The number of para-hydroxylation sites is 1. The van der Waals surface area contributed by atoms with E-state index in [0.29, 0.717) is 24.8 Å². The van der Waals surface area contributed by atoms with Crippen molar-refractivity contribution in [3.8, 4) is 11.5 Å². The van der Waals surface area contributed by atoms with Crippen LogP contribution in [0.2, 0.25) is 0 Å². The monoisotopic (exact) mass is 378 g/mol. The summed E-state index contributed by atoms with van der Waals surface area (Å²) >= 11 is 0. The van der Waals surface area contributed by atoms with Gasteiger partial charge in [0.25, 0.3) is 5.91 Å². The molecule has 1 amide bonds. The molecule has 2 aromatic rings. The van der Waals surface area contributed by atoms with Crippen molar-refractivity contribution < 1.29 is 14.3 Å². The number of rotatable bonds is 9. The SMILES string of the molecule is CCC(C)c1ccccc1OCC(=O)Nc1ccc(OCCN)cc1.Cl. The average Bonchev–Trinajstić information content (AvgIpc) is 2.65. The molecule has 1 atom stereocenters. The quantitative estimate of drug-likeness (QED) is 0.692. The van der Waals surface area contributed by atoms with E-state index in [2.05, 4.69) is 19.2 Å². The highest BCUT2D eigenvalue weighted by atomic mass is 35.5. The zero-order valence-electron chi connectivity index (χ0n) is 15.2. The molecule has 0 saturated carbocycles. The van der Waals surface area contributed by atoms with E-state index < -0.39 is 0 Å². The molecule has 0 spiro atoms. The molecule has 0 fully saturated rings. The second-order valence-corrected chi connectivity index (χ2v) is 5.85. The van der Waals surface area contributed by atoms with E-state index >= 15 is 0 Å². The molecule has 0 radical (unpaired) electrons. The summed E-state index contributed by atoms with van der Waals surface area (Å²) in [7, 11) is 0. The van der Waals surface area contributed by atoms with Gasteiger partial charge in [0.2, 0.25) is 0 Å². The third kappa shape index (κ3) is 6.58. The Kier molecular flexibility index (Phi) is 9.55. The lowest BCUT2D eigenvalue weighted by molar-refractivity contribution is -0.118.